The van der Waals surface area contributed by atoms with Gasteiger partial charge >= 0.3 is 0 Å². The van der Waals surface area contributed by atoms with Crippen molar-refractivity contribution in [2.24, 2.45) is 5.92 Å². The normalized spacial score (nSPS) is 12.1. The number of furan rings is 1. The molecule has 3 aromatic rings. The van der Waals surface area contributed by atoms with Crippen LogP contribution in [0, 0.1) is 26.7 Å². The Morgan fingerprint density at radius 1 is 1.13 bits per heavy atom. The van der Waals surface area contributed by atoms with Crippen molar-refractivity contribution in [3.05, 3.63) is 46.4 Å². The smallest absolute Gasteiger partial charge is 0.257 e. The van der Waals surface area contributed by atoms with E-state index >= 15 is 0 Å². The van der Waals surface area contributed by atoms with Crippen LogP contribution < -0.4 is 10.6 Å². The van der Waals surface area contributed by atoms with E-state index in [0.717, 1.165) is 28.8 Å². The summed E-state index contributed by atoms with van der Waals surface area (Å²) in [6.45, 7) is 9.95. The van der Waals surface area contributed by atoms with Crippen LogP contribution in [0.4, 0.5) is 17.3 Å². The topological polar surface area (TPSA) is 104 Å². The summed E-state index contributed by atoms with van der Waals surface area (Å²) in [6.07, 6.45) is 0. The van der Waals surface area contributed by atoms with Crippen LogP contribution in [-0.4, -0.2) is 38.8 Å². The molecular weight excluding hydrogens is 414 g/mol. The molecule has 31 heavy (non-hydrogen) atoms. The van der Waals surface area contributed by atoms with Crippen LogP contribution in [-0.2, 0) is 0 Å². The van der Waals surface area contributed by atoms with Crippen LogP contribution in [0.25, 0.3) is 0 Å². The van der Waals surface area contributed by atoms with Crippen molar-refractivity contribution in [2.45, 2.75) is 40.7 Å². The number of phenolic OH excluding ortho intramolecular Hbond substituents is 1. The number of nitrogens with one attached hydrogen (secondary N) is 2. The van der Waals surface area contributed by atoms with Crippen LogP contribution in [0.1, 0.15) is 52.9 Å². The minimum atomic E-state index is -0.267. The quantitative estimate of drug-likeness (QED) is 0.441. The monoisotopic (exact) mass is 443 g/mol. The van der Waals surface area contributed by atoms with Gasteiger partial charge in [0.1, 0.15) is 11.5 Å². The van der Waals surface area contributed by atoms with Gasteiger partial charge in [-0.25, -0.2) is 0 Å². The Morgan fingerprint density at radius 3 is 2.39 bits per heavy atom. The number of nitrogens with zero attached hydrogens (tertiary/aromatic N) is 3. The molecule has 0 radical (unpaired) electrons. The Bertz CT molecular complexity index is 1070. The lowest BCUT2D eigenvalue weighted by molar-refractivity contribution is 0.0824. The van der Waals surface area contributed by atoms with Crippen LogP contribution in [0.5, 0.6) is 5.75 Å². The number of aryl methyl sites for hydroxylation is 3. The van der Waals surface area contributed by atoms with Crippen molar-refractivity contribution in [3.63, 3.8) is 0 Å². The van der Waals surface area contributed by atoms with Gasteiger partial charge in [-0.1, -0.05) is 19.9 Å². The second kappa shape index (κ2) is 8.97. The lowest BCUT2D eigenvalue weighted by Gasteiger charge is -2.21. The number of hydrogen-bond donors (Lipinski definition) is 3. The fourth-order valence-electron chi connectivity index (χ4n) is 3.25. The van der Waals surface area contributed by atoms with Crippen LogP contribution in [0.2, 0.25) is 0 Å². The number of aromatic nitrogens is 2. The summed E-state index contributed by atoms with van der Waals surface area (Å²) < 4.78 is 14.6. The van der Waals surface area contributed by atoms with E-state index in [4.69, 9.17) is 4.42 Å². The summed E-state index contributed by atoms with van der Waals surface area (Å²) in [5.41, 5.74) is 2.44. The minimum absolute atomic E-state index is 0.102. The van der Waals surface area contributed by atoms with E-state index in [0.29, 0.717) is 22.9 Å². The molecule has 3 rings (SSSR count). The maximum atomic E-state index is 12.5. The summed E-state index contributed by atoms with van der Waals surface area (Å²) >= 11 is 1.05. The van der Waals surface area contributed by atoms with Gasteiger partial charge in [0.05, 0.1) is 29.0 Å². The van der Waals surface area contributed by atoms with Crippen LogP contribution in [0.15, 0.2) is 22.6 Å². The van der Waals surface area contributed by atoms with Crippen molar-refractivity contribution >= 4 is 35.0 Å². The highest BCUT2D eigenvalue weighted by molar-refractivity contribution is 6.99. The van der Waals surface area contributed by atoms with E-state index in [1.54, 1.807) is 33.2 Å². The number of carbonyl (C=O) groups excluding carboxylic acids is 1. The van der Waals surface area contributed by atoms with Gasteiger partial charge in [-0.05, 0) is 49.9 Å². The zero-order valence-corrected chi connectivity index (χ0v) is 19.7. The molecule has 0 saturated carbocycles. The van der Waals surface area contributed by atoms with E-state index in [9.17, 15) is 9.90 Å². The van der Waals surface area contributed by atoms with Gasteiger partial charge in [-0.2, -0.15) is 8.75 Å². The Hall–Kier alpha value is -3.07. The Morgan fingerprint density at radius 2 is 1.81 bits per heavy atom. The highest BCUT2D eigenvalue weighted by Gasteiger charge is 2.24. The molecule has 3 N–H and O–H groups in total. The SMILES string of the molecule is Cc1cc([C@H](Nc2nsnc2Nc2ccc(C)c(C(=O)N(C)C)c2O)C(C)C)oc1C. The van der Waals surface area contributed by atoms with Gasteiger partial charge in [0, 0.05) is 14.1 Å². The first kappa shape index (κ1) is 22.6. The van der Waals surface area contributed by atoms with E-state index < -0.39 is 0 Å². The maximum absolute atomic E-state index is 12.5. The molecule has 0 spiro atoms. The first-order valence-corrected chi connectivity index (χ1v) is 10.8. The molecule has 0 fully saturated rings. The fourth-order valence-corrected chi connectivity index (χ4v) is 3.72. The average Bonchev–Trinajstić information content (AvgIpc) is 3.27. The van der Waals surface area contributed by atoms with Crippen molar-refractivity contribution in [1.29, 1.82) is 0 Å². The van der Waals surface area contributed by atoms with Gasteiger partial charge in [-0.15, -0.1) is 0 Å². The highest BCUT2D eigenvalue weighted by atomic mass is 32.1. The molecule has 0 bridgehead atoms. The Balaban J connectivity index is 1.90. The van der Waals surface area contributed by atoms with Gasteiger partial charge in [0.2, 0.25) is 0 Å². The Kier molecular flexibility index (Phi) is 6.54. The summed E-state index contributed by atoms with van der Waals surface area (Å²) in [6, 6.07) is 5.44. The third-order valence-electron chi connectivity index (χ3n) is 5.20. The van der Waals surface area contributed by atoms with Gasteiger partial charge in [-0.3, -0.25) is 4.79 Å². The molecular formula is C22H29N5O3S. The zero-order valence-electron chi connectivity index (χ0n) is 18.9. The number of carbonyl (C=O) groups is 1. The number of aromatic hydroxyl groups is 1. The molecule has 2 heterocycles. The molecule has 0 aliphatic carbocycles. The number of anilines is 3. The van der Waals surface area contributed by atoms with E-state index in [1.807, 2.05) is 19.9 Å². The number of benzene rings is 1. The van der Waals surface area contributed by atoms with Gasteiger partial charge in [0.15, 0.2) is 17.4 Å². The zero-order chi connectivity index (χ0) is 22.9. The second-order valence-corrected chi connectivity index (χ2v) is 8.72. The number of phenols is 1. The molecule has 2 aromatic heterocycles. The first-order chi connectivity index (χ1) is 14.6. The molecule has 0 unspecified atom stereocenters. The molecule has 1 aromatic carbocycles. The van der Waals surface area contributed by atoms with Crippen molar-refractivity contribution in [3.8, 4) is 5.75 Å². The van der Waals surface area contributed by atoms with E-state index in [-0.39, 0.29) is 29.2 Å². The predicted molar refractivity (Wildman–Crippen MR) is 123 cm³/mol. The van der Waals surface area contributed by atoms with Crippen LogP contribution >= 0.6 is 11.7 Å². The van der Waals surface area contributed by atoms with Crippen LogP contribution in [0.3, 0.4) is 0 Å². The van der Waals surface area contributed by atoms with E-state index in [1.165, 1.54) is 4.90 Å². The summed E-state index contributed by atoms with van der Waals surface area (Å²) in [7, 11) is 3.30. The molecule has 0 saturated heterocycles. The molecule has 166 valence electrons. The molecule has 8 nitrogen and oxygen atoms in total. The third-order valence-corrected chi connectivity index (χ3v) is 5.73. The van der Waals surface area contributed by atoms with Crippen molar-refractivity contribution in [1.82, 2.24) is 13.6 Å². The third kappa shape index (κ3) is 4.66. The first-order valence-electron chi connectivity index (χ1n) is 10.1. The van der Waals surface area contributed by atoms with E-state index in [2.05, 4.69) is 33.2 Å². The molecule has 1 amide bonds. The fraction of sp³-hybridized carbons (Fsp3) is 0.409. The summed E-state index contributed by atoms with van der Waals surface area (Å²) in [5, 5.41) is 17.3. The summed E-state index contributed by atoms with van der Waals surface area (Å²) in [4.78, 5) is 13.9. The highest BCUT2D eigenvalue weighted by Crippen LogP contribution is 2.36. The van der Waals surface area contributed by atoms with Gasteiger partial charge < -0.3 is 25.1 Å². The number of hydrogen-bond acceptors (Lipinski definition) is 8. The number of rotatable bonds is 7. The Labute approximate surface area is 186 Å². The second-order valence-electron chi connectivity index (χ2n) is 8.19. The summed E-state index contributed by atoms with van der Waals surface area (Å²) in [5.74, 6) is 2.60. The van der Waals surface area contributed by atoms with Gasteiger partial charge in [0.25, 0.3) is 5.91 Å². The molecule has 0 aliphatic rings. The average molecular weight is 444 g/mol. The minimum Gasteiger partial charge on any atom is -0.505 e. The lowest BCUT2D eigenvalue weighted by atomic mass is 10.0. The standard InChI is InChI=1S/C22H29N5O3S/c1-11(2)18(16-10-13(4)14(5)30-16)24-21-20(25-31-26-21)23-15-9-8-12(3)17(19(15)28)22(29)27(6)7/h8-11,18,28H,1-7H3,(H,23,25)(H,24,26)/t18-/m1/s1. The molecule has 9 heteroatoms. The largest absolute Gasteiger partial charge is 0.505 e. The maximum Gasteiger partial charge on any atom is 0.257 e. The van der Waals surface area contributed by atoms with Crippen molar-refractivity contribution in [2.75, 3.05) is 24.7 Å². The lowest BCUT2D eigenvalue weighted by Crippen LogP contribution is -2.23. The number of amides is 1. The van der Waals surface area contributed by atoms with Crippen molar-refractivity contribution < 1.29 is 14.3 Å². The molecule has 0 aliphatic heterocycles. The predicted octanol–water partition coefficient (Wildman–Crippen LogP) is 5.02. The molecule has 1 atom stereocenters.